The first-order valence-electron chi connectivity index (χ1n) is 5.17. The lowest BCUT2D eigenvalue weighted by atomic mass is 10.3. The molecule has 0 unspecified atom stereocenters. The number of carbonyl (C=O) groups excluding carboxylic acids is 1. The Morgan fingerprint density at radius 1 is 1.56 bits per heavy atom. The van der Waals surface area contributed by atoms with Gasteiger partial charge in [0.2, 0.25) is 0 Å². The van der Waals surface area contributed by atoms with Gasteiger partial charge in [-0.3, -0.25) is 9.69 Å². The SMILES string of the molecule is CCN(CCC(=O)OC)Cc1nnn(C)n1. The van der Waals surface area contributed by atoms with Crippen molar-refractivity contribution in [1.82, 2.24) is 25.1 Å². The van der Waals surface area contributed by atoms with Gasteiger partial charge >= 0.3 is 5.97 Å². The van der Waals surface area contributed by atoms with Crippen LogP contribution in [0.4, 0.5) is 0 Å². The summed E-state index contributed by atoms with van der Waals surface area (Å²) in [7, 11) is 3.12. The monoisotopic (exact) mass is 227 g/mol. The second-order valence-electron chi connectivity index (χ2n) is 3.39. The summed E-state index contributed by atoms with van der Waals surface area (Å²) in [6.07, 6.45) is 0.380. The lowest BCUT2D eigenvalue weighted by molar-refractivity contribution is -0.141. The molecule has 0 fully saturated rings. The fourth-order valence-electron chi connectivity index (χ4n) is 1.29. The van der Waals surface area contributed by atoms with Crippen LogP contribution in [0.2, 0.25) is 0 Å². The molecule has 0 aliphatic rings. The van der Waals surface area contributed by atoms with Crippen molar-refractivity contribution >= 4 is 5.97 Å². The maximum absolute atomic E-state index is 11.0. The van der Waals surface area contributed by atoms with Gasteiger partial charge in [-0.05, 0) is 11.8 Å². The van der Waals surface area contributed by atoms with E-state index >= 15 is 0 Å². The maximum Gasteiger partial charge on any atom is 0.306 e. The maximum atomic E-state index is 11.0. The van der Waals surface area contributed by atoms with Gasteiger partial charge in [-0.15, -0.1) is 10.2 Å². The number of nitrogens with zero attached hydrogens (tertiary/aromatic N) is 5. The highest BCUT2D eigenvalue weighted by Gasteiger charge is 2.10. The van der Waals surface area contributed by atoms with Crippen LogP contribution in [0.25, 0.3) is 0 Å². The third kappa shape index (κ3) is 3.93. The number of rotatable bonds is 6. The van der Waals surface area contributed by atoms with E-state index in [9.17, 15) is 4.79 Å². The molecule has 1 rings (SSSR count). The van der Waals surface area contributed by atoms with E-state index in [2.05, 4.69) is 25.0 Å². The van der Waals surface area contributed by atoms with Crippen LogP contribution in [0, 0.1) is 0 Å². The highest BCUT2D eigenvalue weighted by molar-refractivity contribution is 5.69. The van der Waals surface area contributed by atoms with Crippen molar-refractivity contribution in [2.24, 2.45) is 7.05 Å². The number of esters is 1. The molecule has 0 spiro atoms. The molecule has 1 heterocycles. The number of tetrazole rings is 1. The average Bonchev–Trinajstić information content (AvgIpc) is 2.69. The Bertz CT molecular complexity index is 338. The molecule has 1 aromatic heterocycles. The molecule has 1 aromatic rings. The Balaban J connectivity index is 2.40. The molecule has 7 heteroatoms. The molecule has 0 radical (unpaired) electrons. The van der Waals surface area contributed by atoms with E-state index in [0.29, 0.717) is 25.3 Å². The highest BCUT2D eigenvalue weighted by Crippen LogP contribution is 1.99. The molecular formula is C9H17N5O2. The largest absolute Gasteiger partial charge is 0.469 e. The first kappa shape index (κ1) is 12.6. The molecule has 0 aliphatic carbocycles. The summed E-state index contributed by atoms with van der Waals surface area (Å²) in [5.74, 6) is 0.458. The Kier molecular flexibility index (Phi) is 4.84. The van der Waals surface area contributed by atoms with E-state index in [1.807, 2.05) is 6.92 Å². The van der Waals surface area contributed by atoms with Crippen molar-refractivity contribution in [1.29, 1.82) is 0 Å². The number of aromatic nitrogens is 4. The van der Waals surface area contributed by atoms with Crippen LogP contribution in [0.1, 0.15) is 19.2 Å². The van der Waals surface area contributed by atoms with Crippen LogP contribution >= 0.6 is 0 Å². The summed E-state index contributed by atoms with van der Waals surface area (Å²) in [5.41, 5.74) is 0. The second kappa shape index (κ2) is 6.16. The molecule has 0 saturated heterocycles. The van der Waals surface area contributed by atoms with Crippen LogP contribution in [0.3, 0.4) is 0 Å². The van der Waals surface area contributed by atoms with Crippen molar-refractivity contribution in [2.75, 3.05) is 20.2 Å². The number of ether oxygens (including phenoxy) is 1. The van der Waals surface area contributed by atoms with E-state index in [1.54, 1.807) is 7.05 Å². The summed E-state index contributed by atoms with van der Waals surface area (Å²) in [6, 6.07) is 0. The van der Waals surface area contributed by atoms with Crippen molar-refractivity contribution in [3.05, 3.63) is 5.82 Å². The molecular weight excluding hydrogens is 210 g/mol. The molecule has 0 amide bonds. The Morgan fingerprint density at radius 2 is 2.31 bits per heavy atom. The van der Waals surface area contributed by atoms with Gasteiger partial charge in [0, 0.05) is 6.54 Å². The van der Waals surface area contributed by atoms with E-state index in [-0.39, 0.29) is 5.97 Å². The fraction of sp³-hybridized carbons (Fsp3) is 0.778. The van der Waals surface area contributed by atoms with Gasteiger partial charge in [-0.25, -0.2) is 0 Å². The Hall–Kier alpha value is -1.50. The molecule has 0 saturated carbocycles. The summed E-state index contributed by atoms with van der Waals surface area (Å²) < 4.78 is 4.59. The molecule has 0 aromatic carbocycles. The summed E-state index contributed by atoms with van der Waals surface area (Å²) in [6.45, 7) is 4.09. The van der Waals surface area contributed by atoms with Crippen molar-refractivity contribution < 1.29 is 9.53 Å². The molecule has 0 N–H and O–H groups in total. The van der Waals surface area contributed by atoms with Gasteiger partial charge in [-0.2, -0.15) is 4.80 Å². The van der Waals surface area contributed by atoms with Gasteiger partial charge < -0.3 is 4.74 Å². The molecule has 0 atom stereocenters. The average molecular weight is 227 g/mol. The number of carbonyl (C=O) groups is 1. The summed E-state index contributed by atoms with van der Waals surface area (Å²) >= 11 is 0. The molecule has 7 nitrogen and oxygen atoms in total. The van der Waals surface area contributed by atoms with E-state index in [0.717, 1.165) is 6.54 Å². The zero-order chi connectivity index (χ0) is 12.0. The van der Waals surface area contributed by atoms with Crippen LogP contribution in [-0.4, -0.2) is 51.3 Å². The minimum atomic E-state index is -0.203. The minimum Gasteiger partial charge on any atom is -0.469 e. The predicted octanol–water partition coefficient (Wildman–Crippen LogP) is -0.405. The second-order valence-corrected chi connectivity index (χ2v) is 3.39. The Labute approximate surface area is 94.4 Å². The number of hydrogen-bond donors (Lipinski definition) is 0. The predicted molar refractivity (Wildman–Crippen MR) is 56.4 cm³/mol. The standard InChI is InChI=1S/C9H17N5O2/c1-4-14(6-5-9(15)16-3)7-8-10-12-13(2)11-8/h4-7H2,1-3H3. The zero-order valence-electron chi connectivity index (χ0n) is 9.88. The van der Waals surface area contributed by atoms with Crippen LogP contribution in [0.15, 0.2) is 0 Å². The van der Waals surface area contributed by atoms with E-state index in [1.165, 1.54) is 11.9 Å². The van der Waals surface area contributed by atoms with Crippen molar-refractivity contribution in [2.45, 2.75) is 19.9 Å². The third-order valence-electron chi connectivity index (χ3n) is 2.22. The number of aryl methyl sites for hydroxylation is 1. The third-order valence-corrected chi connectivity index (χ3v) is 2.22. The molecule has 0 aliphatic heterocycles. The quantitative estimate of drug-likeness (QED) is 0.615. The van der Waals surface area contributed by atoms with Gasteiger partial charge in [0.1, 0.15) is 0 Å². The topological polar surface area (TPSA) is 73.1 Å². The van der Waals surface area contributed by atoms with E-state index in [4.69, 9.17) is 0 Å². The summed E-state index contributed by atoms with van der Waals surface area (Å²) in [4.78, 5) is 14.5. The fourth-order valence-corrected chi connectivity index (χ4v) is 1.29. The van der Waals surface area contributed by atoms with Crippen molar-refractivity contribution in [3.8, 4) is 0 Å². The zero-order valence-corrected chi connectivity index (χ0v) is 9.88. The molecule has 0 bridgehead atoms. The lowest BCUT2D eigenvalue weighted by Crippen LogP contribution is -2.26. The van der Waals surface area contributed by atoms with Crippen LogP contribution in [-0.2, 0) is 23.1 Å². The number of methoxy groups -OCH3 is 1. The lowest BCUT2D eigenvalue weighted by Gasteiger charge is -2.17. The van der Waals surface area contributed by atoms with Crippen LogP contribution < -0.4 is 0 Å². The van der Waals surface area contributed by atoms with Gasteiger partial charge in [-0.1, -0.05) is 6.92 Å². The smallest absolute Gasteiger partial charge is 0.306 e. The highest BCUT2D eigenvalue weighted by atomic mass is 16.5. The minimum absolute atomic E-state index is 0.203. The summed E-state index contributed by atoms with van der Waals surface area (Å²) in [5, 5.41) is 11.7. The van der Waals surface area contributed by atoms with Crippen LogP contribution in [0.5, 0.6) is 0 Å². The first-order chi connectivity index (χ1) is 7.65. The molecule has 16 heavy (non-hydrogen) atoms. The molecule has 90 valence electrons. The first-order valence-corrected chi connectivity index (χ1v) is 5.17. The van der Waals surface area contributed by atoms with Gasteiger partial charge in [0.25, 0.3) is 0 Å². The van der Waals surface area contributed by atoms with Gasteiger partial charge in [0.15, 0.2) is 5.82 Å². The van der Waals surface area contributed by atoms with Crippen molar-refractivity contribution in [3.63, 3.8) is 0 Å². The van der Waals surface area contributed by atoms with E-state index < -0.39 is 0 Å². The van der Waals surface area contributed by atoms with Gasteiger partial charge in [0.05, 0.1) is 27.1 Å². The Morgan fingerprint density at radius 3 is 2.81 bits per heavy atom. The normalized spacial score (nSPS) is 10.8. The number of hydrogen-bond acceptors (Lipinski definition) is 6.